The van der Waals surface area contributed by atoms with Gasteiger partial charge in [0.15, 0.2) is 0 Å². The van der Waals surface area contributed by atoms with Crippen LogP contribution < -0.4 is 4.74 Å². The third-order valence-corrected chi connectivity index (χ3v) is 3.22. The zero-order chi connectivity index (χ0) is 17.5. The standard InChI is InChI=1S/C16H24O.C3H8.C2H6/c1-6-9-14-11-13(8-3)12(4)15(10-7-2)16(14)17-5;1-3-2;1-2/h8,11H,3,6-7,9-10H2,1-2,4-5H3;3H2,1-2H3;1-2H3. The second-order valence-corrected chi connectivity index (χ2v) is 5.17. The molecule has 1 nitrogen and oxygen atoms in total. The highest BCUT2D eigenvalue weighted by Gasteiger charge is 2.13. The van der Waals surface area contributed by atoms with E-state index < -0.39 is 0 Å². The van der Waals surface area contributed by atoms with E-state index >= 15 is 0 Å². The van der Waals surface area contributed by atoms with Crippen molar-refractivity contribution < 1.29 is 4.74 Å². The molecule has 0 N–H and O–H groups in total. The topological polar surface area (TPSA) is 9.23 Å². The Morgan fingerprint density at radius 3 is 1.91 bits per heavy atom. The van der Waals surface area contributed by atoms with E-state index in [0.717, 1.165) is 31.4 Å². The number of rotatable bonds is 6. The molecule has 0 aliphatic carbocycles. The quantitative estimate of drug-likeness (QED) is 0.550. The Bertz CT molecular complexity index is 405. The summed E-state index contributed by atoms with van der Waals surface area (Å²) in [6.45, 7) is 18.7. The van der Waals surface area contributed by atoms with Crippen LogP contribution in [0.5, 0.6) is 5.75 Å². The van der Waals surface area contributed by atoms with E-state index in [4.69, 9.17) is 4.74 Å². The van der Waals surface area contributed by atoms with Gasteiger partial charge in [-0.05, 0) is 48.1 Å². The smallest absolute Gasteiger partial charge is 0.125 e. The Balaban J connectivity index is 0. The Kier molecular flexibility index (Phi) is 15.4. The van der Waals surface area contributed by atoms with Gasteiger partial charge in [-0.2, -0.15) is 0 Å². The average molecular weight is 307 g/mol. The monoisotopic (exact) mass is 306 g/mol. The van der Waals surface area contributed by atoms with Crippen LogP contribution in [-0.4, -0.2) is 7.11 Å². The van der Waals surface area contributed by atoms with E-state index in [1.54, 1.807) is 7.11 Å². The summed E-state index contributed by atoms with van der Waals surface area (Å²) in [5, 5.41) is 0. The van der Waals surface area contributed by atoms with Gasteiger partial charge in [-0.1, -0.05) is 73.5 Å². The highest BCUT2D eigenvalue weighted by atomic mass is 16.5. The first-order valence-electron chi connectivity index (χ1n) is 8.92. The van der Waals surface area contributed by atoms with Crippen LogP contribution in [0.4, 0.5) is 0 Å². The molecule has 0 aliphatic heterocycles. The van der Waals surface area contributed by atoms with Gasteiger partial charge in [0.2, 0.25) is 0 Å². The van der Waals surface area contributed by atoms with Crippen molar-refractivity contribution in [2.24, 2.45) is 0 Å². The van der Waals surface area contributed by atoms with Gasteiger partial charge < -0.3 is 4.74 Å². The molecule has 0 saturated carbocycles. The van der Waals surface area contributed by atoms with Crippen LogP contribution in [0, 0.1) is 6.92 Å². The third-order valence-electron chi connectivity index (χ3n) is 3.22. The van der Waals surface area contributed by atoms with Crippen molar-refractivity contribution in [1.29, 1.82) is 0 Å². The molecule has 0 spiro atoms. The minimum Gasteiger partial charge on any atom is -0.496 e. The molecule has 0 aliphatic rings. The van der Waals surface area contributed by atoms with E-state index in [-0.39, 0.29) is 0 Å². The summed E-state index contributed by atoms with van der Waals surface area (Å²) in [5.41, 5.74) is 5.24. The van der Waals surface area contributed by atoms with Crippen LogP contribution in [0.1, 0.15) is 83.1 Å². The maximum atomic E-state index is 5.63. The lowest BCUT2D eigenvalue weighted by Crippen LogP contribution is -2.02. The van der Waals surface area contributed by atoms with E-state index in [1.807, 2.05) is 19.9 Å². The number of benzene rings is 1. The summed E-state index contributed by atoms with van der Waals surface area (Å²) >= 11 is 0. The molecule has 0 bridgehead atoms. The molecule has 0 unspecified atom stereocenters. The van der Waals surface area contributed by atoms with Crippen LogP contribution in [0.25, 0.3) is 6.08 Å². The Hall–Kier alpha value is -1.24. The van der Waals surface area contributed by atoms with Crippen molar-refractivity contribution >= 4 is 6.08 Å². The first kappa shape index (κ1) is 23.0. The maximum absolute atomic E-state index is 5.63. The van der Waals surface area contributed by atoms with E-state index in [2.05, 4.69) is 47.3 Å². The predicted molar refractivity (Wildman–Crippen MR) is 103 cm³/mol. The van der Waals surface area contributed by atoms with Gasteiger partial charge in [0.05, 0.1) is 7.11 Å². The molecule has 0 saturated heterocycles. The number of hydrogen-bond donors (Lipinski definition) is 0. The zero-order valence-electron chi connectivity index (χ0n) is 16.3. The van der Waals surface area contributed by atoms with E-state index in [1.165, 1.54) is 28.7 Å². The van der Waals surface area contributed by atoms with Crippen molar-refractivity contribution in [3.63, 3.8) is 0 Å². The largest absolute Gasteiger partial charge is 0.496 e. The lowest BCUT2D eigenvalue weighted by molar-refractivity contribution is 0.403. The first-order chi connectivity index (χ1) is 10.6. The highest BCUT2D eigenvalue weighted by molar-refractivity contribution is 5.60. The van der Waals surface area contributed by atoms with Crippen molar-refractivity contribution in [3.8, 4) is 5.75 Å². The van der Waals surface area contributed by atoms with Crippen molar-refractivity contribution in [2.45, 2.75) is 80.6 Å². The van der Waals surface area contributed by atoms with Crippen LogP contribution in [0.3, 0.4) is 0 Å². The normalized spacial score (nSPS) is 9.09. The second kappa shape index (κ2) is 14.7. The lowest BCUT2D eigenvalue weighted by Gasteiger charge is -2.18. The molecule has 0 radical (unpaired) electrons. The Morgan fingerprint density at radius 1 is 1.05 bits per heavy atom. The van der Waals surface area contributed by atoms with E-state index in [0.29, 0.717) is 0 Å². The molecular formula is C21H38O. The highest BCUT2D eigenvalue weighted by Crippen LogP contribution is 2.32. The van der Waals surface area contributed by atoms with Gasteiger partial charge >= 0.3 is 0 Å². The summed E-state index contributed by atoms with van der Waals surface area (Å²) in [6.07, 6.45) is 7.63. The van der Waals surface area contributed by atoms with Gasteiger partial charge in [-0.15, -0.1) is 0 Å². The summed E-state index contributed by atoms with van der Waals surface area (Å²) < 4.78 is 5.63. The predicted octanol–water partition coefficient (Wildman–Crippen LogP) is 6.99. The third kappa shape index (κ3) is 7.15. The zero-order valence-corrected chi connectivity index (χ0v) is 16.3. The first-order valence-corrected chi connectivity index (χ1v) is 8.92. The van der Waals surface area contributed by atoms with Crippen LogP contribution in [0.15, 0.2) is 12.6 Å². The summed E-state index contributed by atoms with van der Waals surface area (Å²) in [5.74, 6) is 1.09. The number of methoxy groups -OCH3 is 1. The van der Waals surface area contributed by atoms with Gasteiger partial charge in [0.1, 0.15) is 5.75 Å². The van der Waals surface area contributed by atoms with Gasteiger partial charge in [0.25, 0.3) is 0 Å². The molecule has 0 aromatic heterocycles. The Morgan fingerprint density at radius 2 is 1.55 bits per heavy atom. The summed E-state index contributed by atoms with van der Waals surface area (Å²) in [6, 6.07) is 2.23. The van der Waals surface area contributed by atoms with Gasteiger partial charge in [-0.3, -0.25) is 0 Å². The van der Waals surface area contributed by atoms with Gasteiger partial charge in [0, 0.05) is 0 Å². The average Bonchev–Trinajstić information content (AvgIpc) is 2.53. The second-order valence-electron chi connectivity index (χ2n) is 5.17. The minimum atomic E-state index is 1.07. The molecule has 1 rings (SSSR count). The fourth-order valence-corrected chi connectivity index (χ4v) is 2.37. The van der Waals surface area contributed by atoms with Crippen LogP contribution in [0.2, 0.25) is 0 Å². The molecule has 1 aromatic rings. The van der Waals surface area contributed by atoms with Crippen molar-refractivity contribution in [1.82, 2.24) is 0 Å². The van der Waals surface area contributed by atoms with Crippen LogP contribution >= 0.6 is 0 Å². The van der Waals surface area contributed by atoms with Crippen molar-refractivity contribution in [2.75, 3.05) is 7.11 Å². The van der Waals surface area contributed by atoms with Crippen LogP contribution in [-0.2, 0) is 12.8 Å². The van der Waals surface area contributed by atoms with E-state index in [9.17, 15) is 0 Å². The molecular weight excluding hydrogens is 268 g/mol. The lowest BCUT2D eigenvalue weighted by atomic mass is 9.93. The summed E-state index contributed by atoms with van der Waals surface area (Å²) in [4.78, 5) is 0. The maximum Gasteiger partial charge on any atom is 0.125 e. The molecule has 0 atom stereocenters. The molecule has 0 amide bonds. The SMILES string of the molecule is C=Cc1cc(CCC)c(OC)c(CCC)c1C.CC.CCC. The van der Waals surface area contributed by atoms with Crippen molar-refractivity contribution in [3.05, 3.63) is 34.9 Å². The fraction of sp³-hybridized carbons (Fsp3) is 0.619. The molecule has 1 aromatic carbocycles. The van der Waals surface area contributed by atoms with Gasteiger partial charge in [-0.25, -0.2) is 0 Å². The number of aryl methyl sites for hydroxylation is 1. The fourth-order valence-electron chi connectivity index (χ4n) is 2.37. The number of ether oxygens (including phenoxy) is 1. The summed E-state index contributed by atoms with van der Waals surface area (Å²) in [7, 11) is 1.78. The Labute approximate surface area is 139 Å². The molecule has 22 heavy (non-hydrogen) atoms. The molecule has 1 heteroatoms. The molecule has 0 fully saturated rings. The molecule has 128 valence electrons. The number of hydrogen-bond acceptors (Lipinski definition) is 1. The minimum absolute atomic E-state index is 1.07. The molecule has 0 heterocycles.